The Morgan fingerprint density at radius 1 is 1.03 bits per heavy atom. The molecule has 0 aliphatic carbocycles. The van der Waals surface area contributed by atoms with Crippen molar-refractivity contribution in [3.8, 4) is 5.75 Å². The van der Waals surface area contributed by atoms with E-state index in [4.69, 9.17) is 16.3 Å². The third-order valence-electron chi connectivity index (χ3n) is 4.76. The Morgan fingerprint density at radius 2 is 1.71 bits per heavy atom. The summed E-state index contributed by atoms with van der Waals surface area (Å²) in [7, 11) is -1.48. The fraction of sp³-hybridized carbons (Fsp3) is 0.125. The number of ether oxygens (including phenoxy) is 2. The van der Waals surface area contributed by atoms with E-state index < -0.39 is 28.4 Å². The number of halogens is 1. The number of sulfonamides is 1. The van der Waals surface area contributed by atoms with Gasteiger partial charge in [-0.2, -0.15) is 5.10 Å². The van der Waals surface area contributed by atoms with Crippen molar-refractivity contribution in [2.24, 2.45) is 5.10 Å². The van der Waals surface area contributed by atoms with Crippen LogP contribution in [0.25, 0.3) is 0 Å². The number of carbonyl (C=O) groups excluding carboxylic acids is 2. The van der Waals surface area contributed by atoms with Gasteiger partial charge in [0.2, 0.25) is 0 Å². The lowest BCUT2D eigenvalue weighted by molar-refractivity contribution is -0.119. The van der Waals surface area contributed by atoms with Gasteiger partial charge in [0, 0.05) is 5.02 Å². The van der Waals surface area contributed by atoms with Crippen molar-refractivity contribution in [1.29, 1.82) is 0 Å². The zero-order valence-electron chi connectivity index (χ0n) is 18.8. The van der Waals surface area contributed by atoms with Crippen LogP contribution < -0.4 is 14.5 Å². The molecular formula is C24H22ClN3O6S. The Hall–Kier alpha value is -3.89. The highest BCUT2D eigenvalue weighted by molar-refractivity contribution is 7.92. The van der Waals surface area contributed by atoms with Gasteiger partial charge in [-0.15, -0.1) is 0 Å². The van der Waals surface area contributed by atoms with Crippen LogP contribution in [0.3, 0.4) is 0 Å². The minimum absolute atomic E-state index is 0.0102. The number of amides is 1. The Kier molecular flexibility index (Phi) is 8.45. The third-order valence-corrected chi connectivity index (χ3v) is 6.77. The predicted molar refractivity (Wildman–Crippen MR) is 132 cm³/mol. The number of nitrogens with zero attached hydrogens (tertiary/aromatic N) is 2. The summed E-state index contributed by atoms with van der Waals surface area (Å²) in [6.45, 7) is -0.591. The average Bonchev–Trinajstić information content (AvgIpc) is 2.87. The van der Waals surface area contributed by atoms with Crippen LogP contribution in [0.4, 0.5) is 5.69 Å². The molecule has 3 rings (SSSR count). The highest BCUT2D eigenvalue weighted by atomic mass is 35.5. The smallest absolute Gasteiger partial charge is 0.337 e. The van der Waals surface area contributed by atoms with Crippen molar-refractivity contribution in [3.05, 3.63) is 88.9 Å². The molecule has 0 fully saturated rings. The first-order valence-electron chi connectivity index (χ1n) is 10.2. The summed E-state index contributed by atoms with van der Waals surface area (Å²) in [6.07, 6.45) is 1.36. The van der Waals surface area contributed by atoms with E-state index in [9.17, 15) is 18.0 Å². The zero-order chi connectivity index (χ0) is 25.4. The SMILES string of the molecule is COC(=O)c1ccc(C=NNC(=O)CN(c2cc(Cl)ccc2OC)S(=O)(=O)c2ccccc2)cc1. The number of carbonyl (C=O) groups is 2. The quantitative estimate of drug-likeness (QED) is 0.265. The summed E-state index contributed by atoms with van der Waals surface area (Å²) in [4.78, 5) is 24.2. The molecule has 0 unspecified atom stereocenters. The predicted octanol–water partition coefficient (Wildman–Crippen LogP) is 3.48. The van der Waals surface area contributed by atoms with Gasteiger partial charge in [0.15, 0.2) is 0 Å². The van der Waals surface area contributed by atoms with Gasteiger partial charge >= 0.3 is 5.97 Å². The lowest BCUT2D eigenvalue weighted by atomic mass is 10.1. The third kappa shape index (κ3) is 6.37. The molecule has 35 heavy (non-hydrogen) atoms. The van der Waals surface area contributed by atoms with Gasteiger partial charge in [-0.25, -0.2) is 18.6 Å². The molecule has 3 aromatic carbocycles. The molecule has 11 heteroatoms. The molecule has 0 spiro atoms. The van der Waals surface area contributed by atoms with Gasteiger partial charge in [0.1, 0.15) is 12.3 Å². The molecule has 3 aromatic rings. The highest BCUT2D eigenvalue weighted by Crippen LogP contribution is 2.34. The van der Waals surface area contributed by atoms with Crippen LogP contribution in [-0.4, -0.2) is 47.3 Å². The van der Waals surface area contributed by atoms with E-state index in [-0.39, 0.29) is 21.4 Å². The van der Waals surface area contributed by atoms with E-state index >= 15 is 0 Å². The van der Waals surface area contributed by atoms with Crippen LogP contribution in [0.5, 0.6) is 5.75 Å². The maximum atomic E-state index is 13.4. The molecular weight excluding hydrogens is 494 g/mol. The van der Waals surface area contributed by atoms with Crippen molar-refractivity contribution in [3.63, 3.8) is 0 Å². The van der Waals surface area contributed by atoms with Crippen molar-refractivity contribution >= 4 is 45.4 Å². The van der Waals surface area contributed by atoms with Gasteiger partial charge in [-0.3, -0.25) is 9.10 Å². The molecule has 1 amide bonds. The van der Waals surface area contributed by atoms with Gasteiger partial charge in [0.05, 0.1) is 36.6 Å². The minimum Gasteiger partial charge on any atom is -0.495 e. The van der Waals surface area contributed by atoms with E-state index in [0.717, 1.165) is 4.31 Å². The second-order valence-electron chi connectivity index (χ2n) is 7.05. The number of anilines is 1. The molecule has 0 heterocycles. The number of hydrogen-bond acceptors (Lipinski definition) is 7. The number of hydrogen-bond donors (Lipinski definition) is 1. The minimum atomic E-state index is -4.15. The van der Waals surface area contributed by atoms with Crippen LogP contribution in [0.1, 0.15) is 15.9 Å². The number of esters is 1. The van der Waals surface area contributed by atoms with Gasteiger partial charge in [-0.05, 0) is 48.0 Å². The second kappa shape index (κ2) is 11.5. The summed E-state index contributed by atoms with van der Waals surface area (Å²) >= 11 is 6.11. The molecule has 0 saturated carbocycles. The number of nitrogens with one attached hydrogen (secondary N) is 1. The van der Waals surface area contributed by atoms with Gasteiger partial charge in [-0.1, -0.05) is 41.9 Å². The number of hydrazone groups is 1. The van der Waals surface area contributed by atoms with Crippen LogP contribution in [-0.2, 0) is 19.6 Å². The first kappa shape index (κ1) is 25.7. The topological polar surface area (TPSA) is 114 Å². The van der Waals surface area contributed by atoms with E-state index in [1.54, 1.807) is 48.5 Å². The second-order valence-corrected chi connectivity index (χ2v) is 9.35. The van der Waals surface area contributed by atoms with Crippen molar-refractivity contribution in [2.45, 2.75) is 4.90 Å². The molecule has 0 aromatic heterocycles. The van der Waals surface area contributed by atoms with E-state index in [0.29, 0.717) is 11.1 Å². The zero-order valence-corrected chi connectivity index (χ0v) is 20.4. The largest absolute Gasteiger partial charge is 0.495 e. The van der Waals surface area contributed by atoms with Crippen LogP contribution in [0.15, 0.2) is 82.8 Å². The molecule has 0 aliphatic rings. The lowest BCUT2D eigenvalue weighted by Crippen LogP contribution is -2.39. The maximum absolute atomic E-state index is 13.4. The molecule has 0 saturated heterocycles. The normalized spacial score (nSPS) is 11.2. The first-order valence-corrected chi connectivity index (χ1v) is 12.0. The maximum Gasteiger partial charge on any atom is 0.337 e. The Morgan fingerprint density at radius 3 is 2.34 bits per heavy atom. The molecule has 1 N–H and O–H groups in total. The molecule has 0 atom stereocenters. The molecule has 182 valence electrons. The molecule has 9 nitrogen and oxygen atoms in total. The fourth-order valence-corrected chi connectivity index (χ4v) is 4.66. The monoisotopic (exact) mass is 515 g/mol. The van der Waals surface area contributed by atoms with Gasteiger partial charge < -0.3 is 9.47 Å². The van der Waals surface area contributed by atoms with Crippen molar-refractivity contribution in [1.82, 2.24) is 5.43 Å². The Bertz CT molecular complexity index is 1330. The van der Waals surface area contributed by atoms with Crippen LogP contribution in [0.2, 0.25) is 5.02 Å². The first-order chi connectivity index (χ1) is 16.8. The van der Waals surface area contributed by atoms with Crippen LogP contribution >= 0.6 is 11.6 Å². The summed E-state index contributed by atoms with van der Waals surface area (Å²) in [5.74, 6) is -0.956. The Balaban J connectivity index is 1.84. The highest BCUT2D eigenvalue weighted by Gasteiger charge is 2.29. The fourth-order valence-electron chi connectivity index (χ4n) is 3.05. The van der Waals surface area contributed by atoms with E-state index in [1.807, 2.05) is 0 Å². The summed E-state index contributed by atoms with van der Waals surface area (Å²) in [5, 5.41) is 4.14. The summed E-state index contributed by atoms with van der Waals surface area (Å²) in [6, 6.07) is 18.5. The molecule has 0 radical (unpaired) electrons. The van der Waals surface area contributed by atoms with Crippen molar-refractivity contribution < 1.29 is 27.5 Å². The van der Waals surface area contributed by atoms with Crippen molar-refractivity contribution in [2.75, 3.05) is 25.1 Å². The summed E-state index contributed by atoms with van der Waals surface area (Å²) < 4.78 is 37.7. The number of rotatable bonds is 9. The Labute approximate surface area is 208 Å². The molecule has 0 aliphatic heterocycles. The van der Waals surface area contributed by atoms with E-state index in [1.165, 1.54) is 44.7 Å². The number of methoxy groups -OCH3 is 2. The number of benzene rings is 3. The van der Waals surface area contributed by atoms with Crippen LogP contribution in [0, 0.1) is 0 Å². The summed E-state index contributed by atoms with van der Waals surface area (Å²) in [5.41, 5.74) is 3.38. The van der Waals surface area contributed by atoms with Gasteiger partial charge in [0.25, 0.3) is 15.9 Å². The lowest BCUT2D eigenvalue weighted by Gasteiger charge is -2.25. The standard InChI is InChI=1S/C24H22ClN3O6S/c1-33-22-13-12-19(25)14-21(22)28(35(31,32)20-6-4-3-5-7-20)16-23(29)27-26-15-17-8-10-18(11-9-17)24(30)34-2/h3-15H,16H2,1-2H3,(H,27,29). The molecule has 0 bridgehead atoms. The van der Waals surface area contributed by atoms with E-state index in [2.05, 4.69) is 15.3 Å². The average molecular weight is 516 g/mol.